The Hall–Kier alpha value is -3.92. The number of carbonyl (C=O) groups is 2. The minimum Gasteiger partial charge on any atom is -0.494 e. The highest BCUT2D eigenvalue weighted by molar-refractivity contribution is 7.92. The fraction of sp³-hybridized carbons (Fsp3) is 0.200. The third-order valence-electron chi connectivity index (χ3n) is 4.82. The smallest absolute Gasteiger partial charge is 0.340 e. The Morgan fingerprint density at radius 1 is 0.914 bits per heavy atom. The zero-order chi connectivity index (χ0) is 25.4. The van der Waals surface area contributed by atoms with Crippen molar-refractivity contribution in [2.45, 2.75) is 18.7 Å². The molecule has 1 amide bonds. The van der Waals surface area contributed by atoms with E-state index in [1.165, 1.54) is 24.3 Å². The topological polar surface area (TPSA) is 102 Å². The second kappa shape index (κ2) is 11.5. The van der Waals surface area contributed by atoms with Crippen LogP contribution in [0.1, 0.15) is 24.2 Å². The van der Waals surface area contributed by atoms with Crippen LogP contribution >= 0.6 is 0 Å². The highest BCUT2D eigenvalue weighted by Crippen LogP contribution is 2.26. The van der Waals surface area contributed by atoms with Crippen molar-refractivity contribution in [3.8, 4) is 5.75 Å². The van der Waals surface area contributed by atoms with Crippen LogP contribution in [-0.4, -0.2) is 40.1 Å². The molecule has 3 rings (SSSR count). The predicted molar refractivity (Wildman–Crippen MR) is 130 cm³/mol. The zero-order valence-corrected chi connectivity index (χ0v) is 20.0. The summed E-state index contributed by atoms with van der Waals surface area (Å²) in [5, 5.41) is 2.58. The van der Waals surface area contributed by atoms with Gasteiger partial charge in [0.1, 0.15) is 18.1 Å². The van der Waals surface area contributed by atoms with Gasteiger partial charge in [-0.05, 0) is 74.5 Å². The van der Waals surface area contributed by atoms with Crippen LogP contribution in [0.2, 0.25) is 0 Å². The molecule has 0 unspecified atom stereocenters. The number of sulfonamides is 1. The number of nitrogens with one attached hydrogen (secondary N) is 1. The quantitative estimate of drug-likeness (QED) is 0.418. The summed E-state index contributed by atoms with van der Waals surface area (Å²) < 4.78 is 51.6. The largest absolute Gasteiger partial charge is 0.494 e. The van der Waals surface area contributed by atoms with Crippen LogP contribution in [0.3, 0.4) is 0 Å². The fourth-order valence-electron chi connectivity index (χ4n) is 3.22. The number of esters is 1. The van der Waals surface area contributed by atoms with Crippen molar-refractivity contribution in [3.05, 3.63) is 84.2 Å². The van der Waals surface area contributed by atoms with E-state index in [-0.39, 0.29) is 28.4 Å². The Balaban J connectivity index is 1.94. The van der Waals surface area contributed by atoms with Gasteiger partial charge in [-0.1, -0.05) is 12.1 Å². The van der Waals surface area contributed by atoms with E-state index >= 15 is 0 Å². The van der Waals surface area contributed by atoms with Gasteiger partial charge >= 0.3 is 5.97 Å². The number of carbonyl (C=O) groups excluding carboxylic acids is 2. The highest BCUT2D eigenvalue weighted by Gasteiger charge is 2.28. The summed E-state index contributed by atoms with van der Waals surface area (Å²) in [5.41, 5.74) is 0.519. The second-order valence-electron chi connectivity index (χ2n) is 7.21. The molecule has 0 heterocycles. The van der Waals surface area contributed by atoms with Gasteiger partial charge in [0.05, 0.1) is 35.0 Å². The van der Waals surface area contributed by atoms with Crippen LogP contribution in [0.4, 0.5) is 15.8 Å². The van der Waals surface area contributed by atoms with Crippen molar-refractivity contribution >= 4 is 33.3 Å². The van der Waals surface area contributed by atoms with E-state index < -0.39 is 34.3 Å². The van der Waals surface area contributed by atoms with Gasteiger partial charge in [-0.2, -0.15) is 0 Å². The first-order chi connectivity index (χ1) is 16.8. The summed E-state index contributed by atoms with van der Waals surface area (Å²) in [4.78, 5) is 25.0. The SMILES string of the molecule is CCOC(=O)c1ccccc1NC(=O)CN(c1ccc(OCC)cc1)S(=O)(=O)c1ccc(F)cc1. The summed E-state index contributed by atoms with van der Waals surface area (Å²) in [6.07, 6.45) is 0. The Kier molecular flexibility index (Phi) is 8.43. The molecule has 0 aromatic heterocycles. The molecule has 184 valence electrons. The summed E-state index contributed by atoms with van der Waals surface area (Å²) in [6.45, 7) is 3.46. The molecule has 3 aromatic rings. The Morgan fingerprint density at radius 2 is 1.57 bits per heavy atom. The van der Waals surface area contributed by atoms with Gasteiger partial charge in [0.2, 0.25) is 5.91 Å². The lowest BCUT2D eigenvalue weighted by molar-refractivity contribution is -0.114. The first-order valence-corrected chi connectivity index (χ1v) is 12.3. The van der Waals surface area contributed by atoms with Crippen LogP contribution < -0.4 is 14.4 Å². The third kappa shape index (κ3) is 6.36. The van der Waals surface area contributed by atoms with E-state index in [9.17, 15) is 22.4 Å². The molecule has 10 heteroatoms. The van der Waals surface area contributed by atoms with Crippen LogP contribution in [0.5, 0.6) is 5.75 Å². The van der Waals surface area contributed by atoms with Crippen molar-refractivity contribution < 1.29 is 31.9 Å². The fourth-order valence-corrected chi connectivity index (χ4v) is 4.64. The molecular formula is C25H25FN2O6S. The van der Waals surface area contributed by atoms with Crippen molar-refractivity contribution in [1.29, 1.82) is 0 Å². The average Bonchev–Trinajstić information content (AvgIpc) is 2.84. The molecule has 0 radical (unpaired) electrons. The number of hydrogen-bond acceptors (Lipinski definition) is 6. The number of anilines is 2. The molecule has 0 atom stereocenters. The molecule has 0 saturated carbocycles. The van der Waals surface area contributed by atoms with Gasteiger partial charge in [-0.25, -0.2) is 17.6 Å². The molecule has 0 aliphatic heterocycles. The number of rotatable bonds is 10. The van der Waals surface area contributed by atoms with E-state index in [4.69, 9.17) is 9.47 Å². The molecule has 0 aliphatic carbocycles. The van der Waals surface area contributed by atoms with Crippen LogP contribution in [0, 0.1) is 5.82 Å². The van der Waals surface area contributed by atoms with Gasteiger partial charge < -0.3 is 14.8 Å². The number of benzene rings is 3. The molecule has 0 spiro atoms. The lowest BCUT2D eigenvalue weighted by atomic mass is 10.2. The van der Waals surface area contributed by atoms with E-state index in [1.54, 1.807) is 31.2 Å². The molecular weight excluding hydrogens is 475 g/mol. The number of para-hydroxylation sites is 1. The third-order valence-corrected chi connectivity index (χ3v) is 6.61. The molecule has 3 aromatic carbocycles. The molecule has 8 nitrogen and oxygen atoms in total. The predicted octanol–water partition coefficient (Wildman–Crippen LogP) is 4.24. The van der Waals surface area contributed by atoms with Gasteiger partial charge in [0.15, 0.2) is 0 Å². The summed E-state index contributed by atoms with van der Waals surface area (Å²) in [6, 6.07) is 16.7. The first kappa shape index (κ1) is 25.7. The first-order valence-electron chi connectivity index (χ1n) is 10.8. The Labute approximate surface area is 203 Å². The maximum absolute atomic E-state index is 13.4. The zero-order valence-electron chi connectivity index (χ0n) is 19.2. The Morgan fingerprint density at radius 3 is 2.20 bits per heavy atom. The van der Waals surface area contributed by atoms with Crippen LogP contribution in [-0.2, 0) is 19.6 Å². The van der Waals surface area contributed by atoms with E-state index in [2.05, 4.69) is 5.32 Å². The van der Waals surface area contributed by atoms with E-state index in [0.717, 1.165) is 28.6 Å². The van der Waals surface area contributed by atoms with E-state index in [1.807, 2.05) is 6.92 Å². The average molecular weight is 501 g/mol. The van der Waals surface area contributed by atoms with E-state index in [0.29, 0.717) is 12.4 Å². The van der Waals surface area contributed by atoms with Crippen molar-refractivity contribution in [3.63, 3.8) is 0 Å². The molecule has 35 heavy (non-hydrogen) atoms. The number of amides is 1. The molecule has 0 saturated heterocycles. The maximum atomic E-state index is 13.4. The summed E-state index contributed by atoms with van der Waals surface area (Å²) >= 11 is 0. The number of ether oxygens (including phenoxy) is 2. The van der Waals surface area contributed by atoms with Gasteiger partial charge in [0, 0.05) is 0 Å². The van der Waals surface area contributed by atoms with Crippen LogP contribution in [0.15, 0.2) is 77.7 Å². The highest BCUT2D eigenvalue weighted by atomic mass is 32.2. The minimum atomic E-state index is -4.25. The molecule has 0 aliphatic rings. The lowest BCUT2D eigenvalue weighted by Crippen LogP contribution is -2.38. The summed E-state index contributed by atoms with van der Waals surface area (Å²) in [5.74, 6) is -1.37. The maximum Gasteiger partial charge on any atom is 0.340 e. The summed E-state index contributed by atoms with van der Waals surface area (Å²) in [7, 11) is -4.25. The molecule has 1 N–H and O–H groups in total. The standard InChI is InChI=1S/C25H25FN2O6S/c1-3-33-20-13-11-19(12-14-20)28(35(31,32)21-15-9-18(26)10-16-21)17-24(29)27-23-8-6-5-7-22(23)25(30)34-4-2/h5-16H,3-4,17H2,1-2H3,(H,27,29). The van der Waals surface area contributed by atoms with Crippen molar-refractivity contribution in [2.75, 3.05) is 29.4 Å². The van der Waals surface area contributed by atoms with Gasteiger partial charge in [-0.15, -0.1) is 0 Å². The second-order valence-corrected chi connectivity index (χ2v) is 9.07. The number of halogens is 1. The van der Waals surface area contributed by atoms with Gasteiger partial charge in [0.25, 0.3) is 10.0 Å². The number of hydrogen-bond donors (Lipinski definition) is 1. The monoisotopic (exact) mass is 500 g/mol. The van der Waals surface area contributed by atoms with Crippen LogP contribution in [0.25, 0.3) is 0 Å². The van der Waals surface area contributed by atoms with Crippen molar-refractivity contribution in [1.82, 2.24) is 0 Å². The lowest BCUT2D eigenvalue weighted by Gasteiger charge is -2.24. The normalized spacial score (nSPS) is 10.9. The van der Waals surface area contributed by atoms with Crippen molar-refractivity contribution in [2.24, 2.45) is 0 Å². The number of nitrogens with zero attached hydrogens (tertiary/aromatic N) is 1. The molecule has 0 bridgehead atoms. The van der Waals surface area contributed by atoms with Gasteiger partial charge in [-0.3, -0.25) is 9.10 Å². The Bertz CT molecular complexity index is 1280. The molecule has 0 fully saturated rings. The minimum absolute atomic E-state index is 0.136.